The van der Waals surface area contributed by atoms with Crippen LogP contribution >= 0.6 is 0 Å². The van der Waals surface area contributed by atoms with Gasteiger partial charge in [-0.2, -0.15) is 5.10 Å². The molecule has 3 rings (SSSR count). The fraction of sp³-hybridized carbons (Fsp3) is 0.789. The predicted molar refractivity (Wildman–Crippen MR) is 95.8 cm³/mol. The van der Waals surface area contributed by atoms with Gasteiger partial charge in [-0.15, -0.1) is 0 Å². The molecule has 134 valence electrons. The molecule has 1 aromatic rings. The number of hydrogen-bond acceptors (Lipinski definition) is 2. The summed E-state index contributed by atoms with van der Waals surface area (Å²) in [6, 6.07) is 0.173. The normalized spacial score (nSPS) is 32.0. The highest BCUT2D eigenvalue weighted by Crippen LogP contribution is 2.65. The molecule has 5 nitrogen and oxygen atoms in total. The highest BCUT2D eigenvalue weighted by molar-refractivity contribution is 5.75. The molecule has 2 saturated carbocycles. The SMILES string of the molecule is Cc1nn(C)c(C)c1[C@H](C)NC(=O)N[C@@H]1C[C@H]2CC[C@@]1(C)C2(C)C. The maximum Gasteiger partial charge on any atom is 0.315 e. The first-order valence-corrected chi connectivity index (χ1v) is 9.15. The van der Waals surface area contributed by atoms with Gasteiger partial charge in [0.2, 0.25) is 0 Å². The molecule has 2 N–H and O–H groups in total. The number of urea groups is 1. The van der Waals surface area contributed by atoms with Crippen molar-refractivity contribution in [3.8, 4) is 0 Å². The van der Waals surface area contributed by atoms with Crippen molar-refractivity contribution in [1.82, 2.24) is 20.4 Å². The van der Waals surface area contributed by atoms with Crippen molar-refractivity contribution in [3.63, 3.8) is 0 Å². The molecule has 0 spiro atoms. The van der Waals surface area contributed by atoms with Crippen molar-refractivity contribution in [2.45, 2.75) is 72.9 Å². The van der Waals surface area contributed by atoms with E-state index in [0.717, 1.165) is 29.3 Å². The Morgan fingerprint density at radius 1 is 1.33 bits per heavy atom. The van der Waals surface area contributed by atoms with Crippen LogP contribution < -0.4 is 10.6 Å². The average molecular weight is 332 g/mol. The van der Waals surface area contributed by atoms with E-state index < -0.39 is 0 Å². The molecule has 2 aliphatic carbocycles. The lowest BCUT2D eigenvalue weighted by Crippen LogP contribution is -2.50. The van der Waals surface area contributed by atoms with E-state index in [-0.39, 0.29) is 23.5 Å². The largest absolute Gasteiger partial charge is 0.335 e. The average Bonchev–Trinajstić information content (AvgIpc) is 2.92. The van der Waals surface area contributed by atoms with Crippen LogP contribution in [0.2, 0.25) is 0 Å². The fourth-order valence-electron chi connectivity index (χ4n) is 5.31. The van der Waals surface area contributed by atoms with E-state index in [0.29, 0.717) is 5.41 Å². The minimum absolute atomic E-state index is 0.0434. The topological polar surface area (TPSA) is 59.0 Å². The van der Waals surface area contributed by atoms with Gasteiger partial charge in [-0.25, -0.2) is 4.79 Å². The number of fused-ring (bicyclic) bond motifs is 2. The maximum atomic E-state index is 12.6. The third kappa shape index (κ3) is 2.35. The highest BCUT2D eigenvalue weighted by atomic mass is 16.2. The second-order valence-corrected chi connectivity index (χ2v) is 8.71. The van der Waals surface area contributed by atoms with E-state index in [1.807, 2.05) is 32.5 Å². The molecule has 0 aliphatic heterocycles. The summed E-state index contributed by atoms with van der Waals surface area (Å²) >= 11 is 0. The van der Waals surface area contributed by atoms with Crippen LogP contribution in [0.4, 0.5) is 4.79 Å². The lowest BCUT2D eigenvalue weighted by Gasteiger charge is -2.39. The molecule has 0 unspecified atom stereocenters. The van der Waals surface area contributed by atoms with Crippen molar-refractivity contribution < 1.29 is 4.79 Å². The van der Waals surface area contributed by atoms with Gasteiger partial charge in [-0.3, -0.25) is 4.68 Å². The summed E-state index contributed by atoms with van der Waals surface area (Å²) in [5, 5.41) is 10.8. The minimum Gasteiger partial charge on any atom is -0.335 e. The first-order valence-electron chi connectivity index (χ1n) is 9.15. The molecule has 0 radical (unpaired) electrons. The van der Waals surface area contributed by atoms with Crippen LogP contribution in [0.25, 0.3) is 0 Å². The van der Waals surface area contributed by atoms with Crippen LogP contribution in [0.5, 0.6) is 0 Å². The van der Waals surface area contributed by atoms with Crippen LogP contribution in [-0.2, 0) is 7.05 Å². The number of aryl methyl sites for hydroxylation is 2. The van der Waals surface area contributed by atoms with Gasteiger partial charge in [0, 0.05) is 24.3 Å². The first-order chi connectivity index (χ1) is 11.1. The van der Waals surface area contributed by atoms with E-state index in [2.05, 4.69) is 36.5 Å². The molecule has 2 amide bonds. The molecular weight excluding hydrogens is 300 g/mol. The predicted octanol–water partition coefficient (Wildman–Crippen LogP) is 3.61. The van der Waals surface area contributed by atoms with Gasteiger partial charge in [-0.1, -0.05) is 20.8 Å². The summed E-state index contributed by atoms with van der Waals surface area (Å²) in [5.74, 6) is 0.730. The van der Waals surface area contributed by atoms with Gasteiger partial charge in [0.25, 0.3) is 0 Å². The lowest BCUT2D eigenvalue weighted by atomic mass is 9.69. The standard InChI is InChI=1S/C19H32N4O/c1-11(16-12(2)22-23(7)13(16)3)20-17(24)21-15-10-14-8-9-19(15,6)18(14,4)5/h11,14-15H,8-10H2,1-7H3,(H2,20,21,24)/t11-,14+,15+,19+/m0/s1. The number of carbonyl (C=O) groups is 1. The Balaban J connectivity index is 1.67. The van der Waals surface area contributed by atoms with Crippen molar-refractivity contribution in [2.75, 3.05) is 0 Å². The van der Waals surface area contributed by atoms with E-state index >= 15 is 0 Å². The van der Waals surface area contributed by atoms with E-state index in [1.54, 1.807) is 0 Å². The quantitative estimate of drug-likeness (QED) is 0.888. The zero-order valence-electron chi connectivity index (χ0n) is 16.2. The Morgan fingerprint density at radius 3 is 2.46 bits per heavy atom. The molecule has 1 aromatic heterocycles. The highest BCUT2D eigenvalue weighted by Gasteiger charge is 2.61. The number of carbonyl (C=O) groups excluding carboxylic acids is 1. The minimum atomic E-state index is -0.0558. The van der Waals surface area contributed by atoms with Crippen LogP contribution in [0.1, 0.15) is 70.0 Å². The molecule has 2 aliphatic rings. The number of rotatable bonds is 3. The number of amides is 2. The van der Waals surface area contributed by atoms with Gasteiger partial charge >= 0.3 is 6.03 Å². The first kappa shape index (κ1) is 17.3. The second-order valence-electron chi connectivity index (χ2n) is 8.71. The Labute approximate surface area is 145 Å². The van der Waals surface area contributed by atoms with Gasteiger partial charge in [-0.05, 0) is 56.8 Å². The fourth-order valence-corrected chi connectivity index (χ4v) is 5.31. The second kappa shape index (κ2) is 5.50. The van der Waals surface area contributed by atoms with Gasteiger partial charge in [0.15, 0.2) is 0 Å². The molecule has 5 heteroatoms. The Kier molecular flexibility index (Phi) is 3.97. The molecule has 2 fully saturated rings. The zero-order chi connectivity index (χ0) is 17.9. The smallest absolute Gasteiger partial charge is 0.315 e. The van der Waals surface area contributed by atoms with Crippen molar-refractivity contribution in [1.29, 1.82) is 0 Å². The third-order valence-electron chi connectivity index (χ3n) is 7.44. The summed E-state index contributed by atoms with van der Waals surface area (Å²) < 4.78 is 1.88. The number of aromatic nitrogens is 2. The van der Waals surface area contributed by atoms with Crippen LogP contribution in [-0.4, -0.2) is 21.9 Å². The molecule has 0 saturated heterocycles. The zero-order valence-corrected chi connectivity index (χ0v) is 16.2. The summed E-state index contributed by atoms with van der Waals surface area (Å²) in [6.07, 6.45) is 3.62. The molecule has 0 aromatic carbocycles. The molecule has 2 bridgehead atoms. The molecule has 4 atom stereocenters. The van der Waals surface area contributed by atoms with E-state index in [4.69, 9.17) is 0 Å². The van der Waals surface area contributed by atoms with Gasteiger partial charge in [0.05, 0.1) is 11.7 Å². The molecular formula is C19H32N4O. The van der Waals surface area contributed by atoms with Crippen molar-refractivity contribution in [2.24, 2.45) is 23.8 Å². The van der Waals surface area contributed by atoms with Crippen LogP contribution in [0.15, 0.2) is 0 Å². The Bertz CT molecular complexity index is 663. The number of hydrogen-bond donors (Lipinski definition) is 2. The third-order valence-corrected chi connectivity index (χ3v) is 7.44. The summed E-state index contributed by atoms with van der Waals surface area (Å²) in [4.78, 5) is 12.6. The molecule has 24 heavy (non-hydrogen) atoms. The summed E-state index contributed by atoms with van der Waals surface area (Å²) in [7, 11) is 1.94. The summed E-state index contributed by atoms with van der Waals surface area (Å²) in [5.41, 5.74) is 3.72. The van der Waals surface area contributed by atoms with Crippen molar-refractivity contribution in [3.05, 3.63) is 17.0 Å². The number of nitrogens with one attached hydrogen (secondary N) is 2. The van der Waals surface area contributed by atoms with Crippen LogP contribution in [0, 0.1) is 30.6 Å². The van der Waals surface area contributed by atoms with E-state index in [1.165, 1.54) is 12.8 Å². The summed E-state index contributed by atoms with van der Waals surface area (Å²) in [6.45, 7) is 13.2. The van der Waals surface area contributed by atoms with Gasteiger partial charge < -0.3 is 10.6 Å². The lowest BCUT2D eigenvalue weighted by molar-refractivity contribution is 0.123. The van der Waals surface area contributed by atoms with E-state index in [9.17, 15) is 4.79 Å². The Hall–Kier alpha value is -1.52. The monoisotopic (exact) mass is 332 g/mol. The van der Waals surface area contributed by atoms with Crippen LogP contribution in [0.3, 0.4) is 0 Å². The molecule has 1 heterocycles. The maximum absolute atomic E-state index is 12.6. The van der Waals surface area contributed by atoms with Gasteiger partial charge in [0.1, 0.15) is 0 Å². The Morgan fingerprint density at radius 2 is 2.00 bits per heavy atom. The number of nitrogens with zero attached hydrogens (tertiary/aromatic N) is 2. The van der Waals surface area contributed by atoms with Crippen molar-refractivity contribution >= 4 is 6.03 Å².